The van der Waals surface area contributed by atoms with Gasteiger partial charge in [0.25, 0.3) is 0 Å². The Hall–Kier alpha value is -0.380. The summed E-state index contributed by atoms with van der Waals surface area (Å²) < 4.78 is 25.9. The maximum absolute atomic E-state index is 12.0. The second kappa shape index (κ2) is 4.01. The minimum absolute atomic E-state index is 0.0520. The van der Waals surface area contributed by atoms with E-state index < -0.39 is 9.84 Å². The van der Waals surface area contributed by atoms with Crippen LogP contribution in [0.3, 0.4) is 0 Å². The third-order valence-electron chi connectivity index (χ3n) is 3.13. The lowest BCUT2D eigenvalue weighted by atomic mass is 10.1. The van der Waals surface area contributed by atoms with Crippen LogP contribution in [0.4, 0.5) is 0 Å². The van der Waals surface area contributed by atoms with Crippen LogP contribution in [0.5, 0.6) is 0 Å². The topological polar surface area (TPSA) is 37.1 Å². The molecule has 2 atom stereocenters. The van der Waals surface area contributed by atoms with Gasteiger partial charge in [0.15, 0.2) is 15.9 Å². The van der Waals surface area contributed by atoms with Crippen LogP contribution in [-0.4, -0.2) is 42.8 Å². The Balaban J connectivity index is 2.92. The van der Waals surface area contributed by atoms with Gasteiger partial charge in [0.2, 0.25) is 0 Å². The van der Waals surface area contributed by atoms with Crippen molar-refractivity contribution in [3.8, 4) is 0 Å². The van der Waals surface area contributed by atoms with Gasteiger partial charge in [0.1, 0.15) is 18.5 Å². The monoisotopic (exact) mass is 218 g/mol. The number of rotatable bonds is 2. The van der Waals surface area contributed by atoms with Gasteiger partial charge in [-0.15, -0.1) is 0 Å². The van der Waals surface area contributed by atoms with Gasteiger partial charge in [0, 0.05) is 6.42 Å². The van der Waals surface area contributed by atoms with Crippen molar-refractivity contribution in [3.63, 3.8) is 0 Å². The molecule has 3 nitrogen and oxygen atoms in total. The fourth-order valence-corrected chi connectivity index (χ4v) is 3.88. The first-order valence-electron chi connectivity index (χ1n) is 5.17. The van der Waals surface area contributed by atoms with Gasteiger partial charge in [-0.3, -0.25) is 0 Å². The number of hydrogen-bond acceptors (Lipinski definition) is 2. The summed E-state index contributed by atoms with van der Waals surface area (Å²) in [5.41, 5.74) is 0. The molecule has 0 bridgehead atoms. The van der Waals surface area contributed by atoms with E-state index in [1.54, 1.807) is 13.8 Å². The molecule has 0 saturated carbocycles. The zero-order chi connectivity index (χ0) is 10.9. The van der Waals surface area contributed by atoms with Crippen molar-refractivity contribution in [1.82, 2.24) is 0 Å². The van der Waals surface area contributed by atoms with Gasteiger partial charge < -0.3 is 0 Å². The summed E-state index contributed by atoms with van der Waals surface area (Å²) >= 11 is 0. The van der Waals surface area contributed by atoms with E-state index in [4.69, 9.17) is 0 Å². The van der Waals surface area contributed by atoms with E-state index in [1.807, 2.05) is 11.5 Å². The molecule has 0 radical (unpaired) electrons. The Morgan fingerprint density at radius 2 is 2.00 bits per heavy atom. The van der Waals surface area contributed by atoms with Gasteiger partial charge in [-0.25, -0.2) is 13.0 Å². The zero-order valence-corrected chi connectivity index (χ0v) is 10.0. The summed E-state index contributed by atoms with van der Waals surface area (Å²) in [6.45, 7) is 10.2. The average Bonchev–Trinajstić information content (AvgIpc) is 2.09. The molecule has 0 spiro atoms. The molecule has 1 aliphatic rings. The number of hydrogen-bond donors (Lipinski definition) is 0. The normalized spacial score (nSPS) is 29.6. The molecule has 82 valence electrons. The van der Waals surface area contributed by atoms with Crippen LogP contribution < -0.4 is 0 Å². The van der Waals surface area contributed by atoms with Crippen molar-refractivity contribution in [3.05, 3.63) is 0 Å². The smallest absolute Gasteiger partial charge is 0.166 e. The van der Waals surface area contributed by atoms with Crippen molar-refractivity contribution in [2.24, 2.45) is 0 Å². The molecule has 4 heteroatoms. The summed E-state index contributed by atoms with van der Waals surface area (Å²) in [5, 5.41) is -0.504. The Morgan fingerprint density at radius 3 is 2.50 bits per heavy atom. The van der Waals surface area contributed by atoms with Gasteiger partial charge in [-0.1, -0.05) is 0 Å². The van der Waals surface area contributed by atoms with Gasteiger partial charge >= 0.3 is 0 Å². The minimum atomic E-state index is -2.96. The molecule has 1 saturated heterocycles. The quantitative estimate of drug-likeness (QED) is 0.650. The molecular weight excluding hydrogens is 198 g/mol. The lowest BCUT2D eigenvalue weighted by Gasteiger charge is -2.27. The first kappa shape index (κ1) is 11.7. The predicted octanol–water partition coefficient (Wildman–Crippen LogP) is 1.07. The largest absolute Gasteiger partial charge is 0.239 e. The lowest BCUT2D eigenvalue weighted by molar-refractivity contribution is -0.563. The van der Waals surface area contributed by atoms with Crippen LogP contribution in [0.15, 0.2) is 0 Å². The predicted molar refractivity (Wildman–Crippen MR) is 58.8 cm³/mol. The highest BCUT2D eigenvalue weighted by Gasteiger charge is 2.40. The standard InChI is InChI=1S/C10H20NO2S/c1-8(2)14(12,13)10-6-5-7-11(4)9(10)3/h8-10H,4-7H2,1-3H3/q+1. The van der Waals surface area contributed by atoms with E-state index in [-0.39, 0.29) is 16.5 Å². The van der Waals surface area contributed by atoms with Crippen molar-refractivity contribution >= 4 is 16.6 Å². The molecule has 0 N–H and O–H groups in total. The number of nitrogens with zero attached hydrogens (tertiary/aromatic N) is 1. The van der Waals surface area contributed by atoms with Crippen molar-refractivity contribution in [1.29, 1.82) is 0 Å². The molecule has 0 aliphatic carbocycles. The second-order valence-corrected chi connectivity index (χ2v) is 7.10. The Morgan fingerprint density at radius 1 is 1.43 bits per heavy atom. The highest BCUT2D eigenvalue weighted by Crippen LogP contribution is 2.23. The van der Waals surface area contributed by atoms with Crippen LogP contribution in [0.2, 0.25) is 0 Å². The average molecular weight is 218 g/mol. The summed E-state index contributed by atoms with van der Waals surface area (Å²) in [5.74, 6) is 0. The summed E-state index contributed by atoms with van der Waals surface area (Å²) in [4.78, 5) is 0. The molecule has 14 heavy (non-hydrogen) atoms. The third-order valence-corrected chi connectivity index (χ3v) is 5.91. The van der Waals surface area contributed by atoms with Crippen molar-refractivity contribution < 1.29 is 13.0 Å². The van der Waals surface area contributed by atoms with E-state index in [9.17, 15) is 8.42 Å². The van der Waals surface area contributed by atoms with E-state index in [2.05, 4.69) is 6.72 Å². The SMILES string of the molecule is C=[N+]1CCCC(S(=O)(=O)C(C)C)C1C. The Kier molecular flexibility index (Phi) is 3.35. The first-order valence-corrected chi connectivity index (χ1v) is 6.78. The Bertz CT molecular complexity index is 319. The maximum atomic E-state index is 12.0. The van der Waals surface area contributed by atoms with E-state index in [0.29, 0.717) is 0 Å². The lowest BCUT2D eigenvalue weighted by Crippen LogP contribution is -2.46. The molecule has 0 aromatic carbocycles. The second-order valence-electron chi connectivity index (χ2n) is 4.37. The molecule has 0 aromatic heterocycles. The molecule has 0 aromatic rings. The van der Waals surface area contributed by atoms with Crippen LogP contribution >= 0.6 is 0 Å². The van der Waals surface area contributed by atoms with Gasteiger partial charge in [-0.2, -0.15) is 0 Å². The summed E-state index contributed by atoms with van der Waals surface area (Å²) in [6.07, 6.45) is 1.72. The highest BCUT2D eigenvalue weighted by atomic mass is 32.2. The zero-order valence-electron chi connectivity index (χ0n) is 9.23. The molecule has 1 rings (SSSR count). The first-order chi connectivity index (χ1) is 6.37. The molecule has 0 amide bonds. The number of sulfone groups is 1. The molecule has 2 unspecified atom stereocenters. The van der Waals surface area contributed by atoms with Crippen molar-refractivity contribution in [2.75, 3.05) is 6.54 Å². The Labute approximate surface area is 86.7 Å². The van der Waals surface area contributed by atoms with Crippen LogP contribution in [0.25, 0.3) is 0 Å². The fraction of sp³-hybridized carbons (Fsp3) is 0.900. The molecular formula is C10H20NO2S+. The van der Waals surface area contributed by atoms with Crippen LogP contribution in [0.1, 0.15) is 33.6 Å². The highest BCUT2D eigenvalue weighted by molar-refractivity contribution is 7.92. The van der Waals surface area contributed by atoms with Gasteiger partial charge in [-0.05, 0) is 27.2 Å². The van der Waals surface area contributed by atoms with E-state index in [1.165, 1.54) is 0 Å². The fourth-order valence-electron chi connectivity index (χ4n) is 1.96. The maximum Gasteiger partial charge on any atom is 0.166 e. The molecule has 1 aliphatic heterocycles. The van der Waals surface area contributed by atoms with Crippen molar-refractivity contribution in [2.45, 2.75) is 50.2 Å². The van der Waals surface area contributed by atoms with E-state index in [0.717, 1.165) is 19.4 Å². The third kappa shape index (κ3) is 2.00. The molecule has 1 fully saturated rings. The minimum Gasteiger partial charge on any atom is -0.239 e. The van der Waals surface area contributed by atoms with Crippen LogP contribution in [0, 0.1) is 0 Å². The summed E-state index contributed by atoms with van der Waals surface area (Å²) in [6, 6.07) is 0.0520. The van der Waals surface area contributed by atoms with Gasteiger partial charge in [0.05, 0.1) is 5.25 Å². The van der Waals surface area contributed by atoms with Crippen LogP contribution in [-0.2, 0) is 9.84 Å². The number of piperidine rings is 1. The van der Waals surface area contributed by atoms with E-state index >= 15 is 0 Å². The molecule has 1 heterocycles. The summed E-state index contributed by atoms with van der Waals surface area (Å²) in [7, 11) is -2.96.